The predicted molar refractivity (Wildman–Crippen MR) is 278 cm³/mol. The van der Waals surface area contributed by atoms with Gasteiger partial charge in [-0.05, 0) is 115 Å². The Kier molecular flexibility index (Phi) is 8.16. The van der Waals surface area contributed by atoms with Crippen molar-refractivity contribution in [3.63, 3.8) is 0 Å². The van der Waals surface area contributed by atoms with Crippen LogP contribution in [0.15, 0.2) is 243 Å². The molecule has 0 atom stereocenters. The van der Waals surface area contributed by atoms with Crippen molar-refractivity contribution in [2.75, 3.05) is 9.80 Å². The molecule has 4 nitrogen and oxygen atoms in total. The number of benzene rings is 11. The Morgan fingerprint density at radius 1 is 0.299 bits per heavy atom. The van der Waals surface area contributed by atoms with Gasteiger partial charge >= 0.3 is 0 Å². The lowest BCUT2D eigenvalue weighted by Gasteiger charge is -2.32. The van der Waals surface area contributed by atoms with Crippen LogP contribution in [0.5, 0.6) is 0 Å². The van der Waals surface area contributed by atoms with Gasteiger partial charge in [-0.15, -0.1) is 0 Å². The van der Waals surface area contributed by atoms with Gasteiger partial charge in [0.25, 0.3) is 0 Å². The zero-order chi connectivity index (χ0) is 44.1. The van der Waals surface area contributed by atoms with E-state index in [2.05, 4.69) is 245 Å². The van der Waals surface area contributed by atoms with E-state index in [4.69, 9.17) is 4.98 Å². The highest BCUT2D eigenvalue weighted by Crippen LogP contribution is 2.65. The third-order valence-electron chi connectivity index (χ3n) is 14.3. The number of hydrogen-bond acceptors (Lipinski definition) is 4. The van der Waals surface area contributed by atoms with Gasteiger partial charge in [-0.2, -0.15) is 0 Å². The zero-order valence-corrected chi connectivity index (χ0v) is 36.4. The van der Waals surface area contributed by atoms with Crippen LogP contribution in [0.2, 0.25) is 0 Å². The summed E-state index contributed by atoms with van der Waals surface area (Å²) in [6, 6.07) is 86.6. The molecule has 4 heteroatoms. The molecule has 2 aliphatic carbocycles. The van der Waals surface area contributed by atoms with E-state index in [-0.39, 0.29) is 0 Å². The van der Waals surface area contributed by atoms with E-state index in [1.54, 1.807) is 6.33 Å². The van der Waals surface area contributed by atoms with Crippen LogP contribution >= 0.6 is 0 Å². The monoisotopic (exact) mass is 852 g/mol. The zero-order valence-electron chi connectivity index (χ0n) is 36.4. The molecule has 0 bridgehead atoms. The quantitative estimate of drug-likeness (QED) is 0.156. The summed E-state index contributed by atoms with van der Waals surface area (Å²) < 4.78 is 0. The van der Waals surface area contributed by atoms with Gasteiger partial charge in [-0.3, -0.25) is 4.90 Å². The van der Waals surface area contributed by atoms with Crippen molar-refractivity contribution in [1.82, 2.24) is 9.97 Å². The van der Waals surface area contributed by atoms with Gasteiger partial charge in [-0.25, -0.2) is 9.97 Å². The predicted octanol–water partition coefficient (Wildman–Crippen LogP) is 16.4. The summed E-state index contributed by atoms with van der Waals surface area (Å²) >= 11 is 0. The number of hydrogen-bond donors (Lipinski definition) is 0. The van der Waals surface area contributed by atoms with E-state index in [9.17, 15) is 0 Å². The second kappa shape index (κ2) is 14.6. The summed E-state index contributed by atoms with van der Waals surface area (Å²) in [6.45, 7) is 0. The van der Waals surface area contributed by atoms with Crippen LogP contribution < -0.4 is 9.80 Å². The highest BCUT2D eigenvalue weighted by Gasteiger charge is 2.52. The molecule has 0 radical (unpaired) electrons. The molecule has 0 fully saturated rings. The number of fused-ring (bicyclic) bond motifs is 16. The van der Waals surface area contributed by atoms with E-state index < -0.39 is 5.41 Å². The maximum Gasteiger partial charge on any atom is 0.148 e. The van der Waals surface area contributed by atoms with Gasteiger partial charge in [-0.1, -0.05) is 182 Å². The van der Waals surface area contributed by atoms with Gasteiger partial charge in [0, 0.05) is 33.1 Å². The van der Waals surface area contributed by atoms with Crippen LogP contribution in [-0.2, 0) is 5.41 Å². The number of aromatic nitrogens is 2. The fourth-order valence-corrected chi connectivity index (χ4v) is 11.7. The maximum atomic E-state index is 5.02. The molecule has 0 N–H and O–H groups in total. The molecule has 0 unspecified atom stereocenters. The summed E-state index contributed by atoms with van der Waals surface area (Å²) in [5, 5.41) is 7.96. The van der Waals surface area contributed by atoms with Crippen LogP contribution in [0.4, 0.5) is 34.3 Å². The lowest BCUT2D eigenvalue weighted by molar-refractivity contribution is 0.794. The molecule has 0 amide bonds. The minimum absolute atomic E-state index is 0.463. The molecule has 12 aromatic rings. The van der Waals surface area contributed by atoms with Crippen LogP contribution in [0.25, 0.3) is 65.5 Å². The normalized spacial score (nSPS) is 12.9. The smallest absolute Gasteiger partial charge is 0.148 e. The van der Waals surface area contributed by atoms with Gasteiger partial charge in [0.15, 0.2) is 0 Å². The summed E-state index contributed by atoms with van der Waals surface area (Å²) in [5.41, 5.74) is 16.3. The Balaban J connectivity index is 1.07. The van der Waals surface area contributed by atoms with E-state index in [0.717, 1.165) is 61.3 Å². The third-order valence-corrected chi connectivity index (χ3v) is 14.3. The Hall–Kier alpha value is -8.86. The minimum Gasteiger partial charge on any atom is -0.309 e. The number of nitrogens with zero attached hydrogens (tertiary/aromatic N) is 4. The highest BCUT2D eigenvalue weighted by atomic mass is 15.2. The number of rotatable bonds is 6. The second-order valence-electron chi connectivity index (χ2n) is 17.6. The molecule has 1 spiro atoms. The molecule has 1 aromatic heterocycles. The van der Waals surface area contributed by atoms with Crippen LogP contribution in [0, 0.1) is 0 Å². The summed E-state index contributed by atoms with van der Waals surface area (Å²) in [6.07, 6.45) is 1.68. The summed E-state index contributed by atoms with van der Waals surface area (Å²) in [4.78, 5) is 14.5. The topological polar surface area (TPSA) is 32.3 Å². The molecule has 11 aromatic carbocycles. The van der Waals surface area contributed by atoms with E-state index in [1.807, 2.05) is 6.07 Å². The van der Waals surface area contributed by atoms with E-state index in [1.165, 1.54) is 60.7 Å². The lowest BCUT2D eigenvalue weighted by Crippen LogP contribution is -2.26. The molecule has 14 rings (SSSR count). The molecule has 1 heterocycles. The molecule has 312 valence electrons. The molecular weight excluding hydrogens is 813 g/mol. The number of anilines is 6. The highest BCUT2D eigenvalue weighted by molar-refractivity contribution is 6.25. The van der Waals surface area contributed by atoms with Crippen molar-refractivity contribution in [1.29, 1.82) is 0 Å². The molecule has 2 aliphatic rings. The molecule has 67 heavy (non-hydrogen) atoms. The van der Waals surface area contributed by atoms with Gasteiger partial charge in [0.05, 0.1) is 28.0 Å². The van der Waals surface area contributed by atoms with Crippen molar-refractivity contribution in [2.24, 2.45) is 0 Å². The van der Waals surface area contributed by atoms with Crippen LogP contribution in [-0.4, -0.2) is 9.97 Å². The number of para-hydroxylation sites is 3. The Morgan fingerprint density at radius 2 is 0.746 bits per heavy atom. The van der Waals surface area contributed by atoms with Gasteiger partial charge in [0.1, 0.15) is 12.1 Å². The maximum absolute atomic E-state index is 5.02. The minimum atomic E-state index is -0.463. The second-order valence-corrected chi connectivity index (χ2v) is 17.6. The Morgan fingerprint density at radius 3 is 1.36 bits per heavy atom. The van der Waals surface area contributed by atoms with Crippen molar-refractivity contribution >= 4 is 77.5 Å². The average Bonchev–Trinajstić information content (AvgIpc) is 3.88. The van der Waals surface area contributed by atoms with Crippen LogP contribution in [0.3, 0.4) is 0 Å². The molecule has 0 saturated carbocycles. The third kappa shape index (κ3) is 5.29. The largest absolute Gasteiger partial charge is 0.309 e. The van der Waals surface area contributed by atoms with Crippen molar-refractivity contribution in [2.45, 2.75) is 5.41 Å². The summed E-state index contributed by atoms with van der Waals surface area (Å²) in [7, 11) is 0. The molecule has 0 saturated heterocycles. The van der Waals surface area contributed by atoms with Gasteiger partial charge in [0.2, 0.25) is 0 Å². The first-order chi connectivity index (χ1) is 33.3. The van der Waals surface area contributed by atoms with Gasteiger partial charge < -0.3 is 4.90 Å². The average molecular weight is 853 g/mol. The van der Waals surface area contributed by atoms with E-state index in [0.29, 0.717) is 0 Å². The van der Waals surface area contributed by atoms with E-state index >= 15 is 0 Å². The fourth-order valence-electron chi connectivity index (χ4n) is 11.7. The summed E-state index contributed by atoms with van der Waals surface area (Å²) in [5.74, 6) is 0.834. The first-order valence-corrected chi connectivity index (χ1v) is 23.0. The Labute approximate surface area is 388 Å². The fraction of sp³-hybridized carbons (Fsp3) is 0.0159. The molecular formula is C63H40N4. The SMILES string of the molecule is c1ccc(N(c2cccc3c2-c2ccccc2C32c3ccccc3-c3ccccc32)c2cc3c4ccccc4c(N(c4ccccc4)c4ncnc5ccccc45)cc3c3ccccc23)cc1. The Bertz CT molecular complexity index is 3900. The van der Waals surface area contributed by atoms with Crippen molar-refractivity contribution < 1.29 is 0 Å². The first kappa shape index (κ1) is 37.5. The van der Waals surface area contributed by atoms with Crippen molar-refractivity contribution in [3.05, 3.63) is 265 Å². The van der Waals surface area contributed by atoms with Crippen molar-refractivity contribution in [3.8, 4) is 22.3 Å². The standard InChI is InChI=1S/C63H40N4/c1-3-20-41(21-4-1)66(58-37-19-35-56-61(58)49-30-13-17-34-55(49)63(56)53-32-15-11-26-45(53)46-27-12-16-33-54(46)63)59-38-51-44-25-8-10-29-48(44)60(39-52(51)43-24-7-9-28-47(43)59)67(42-22-5-2-6-23-42)62-50-31-14-18-36-57(50)64-40-65-62/h1-40H. The first-order valence-electron chi connectivity index (χ1n) is 23.0. The lowest BCUT2D eigenvalue weighted by atomic mass is 9.70. The molecule has 0 aliphatic heterocycles. The van der Waals surface area contributed by atoms with Crippen LogP contribution in [0.1, 0.15) is 22.3 Å².